The minimum atomic E-state index is -0.549. The highest BCUT2D eigenvalue weighted by Crippen LogP contribution is 2.28. The summed E-state index contributed by atoms with van der Waals surface area (Å²) in [5, 5.41) is 12.5. The molecule has 0 fully saturated rings. The Morgan fingerprint density at radius 2 is 2.05 bits per heavy atom. The van der Waals surface area contributed by atoms with Crippen molar-refractivity contribution in [1.29, 1.82) is 5.26 Å². The number of rotatable bonds is 9. The molecule has 0 saturated carbocycles. The van der Waals surface area contributed by atoms with E-state index in [9.17, 15) is 5.26 Å². The van der Waals surface area contributed by atoms with Gasteiger partial charge in [0.15, 0.2) is 11.5 Å². The Balaban J connectivity index is 2.61. The van der Waals surface area contributed by atoms with Crippen LogP contribution in [0.3, 0.4) is 0 Å². The number of aryl methyl sites for hydroxylation is 1. The van der Waals surface area contributed by atoms with Crippen LogP contribution in [0.2, 0.25) is 0 Å². The fourth-order valence-electron chi connectivity index (χ4n) is 2.00. The van der Waals surface area contributed by atoms with E-state index in [0.717, 1.165) is 30.9 Å². The van der Waals surface area contributed by atoms with Crippen LogP contribution in [-0.4, -0.2) is 25.8 Å². The van der Waals surface area contributed by atoms with Crippen molar-refractivity contribution >= 4 is 0 Å². The molecule has 21 heavy (non-hydrogen) atoms. The number of hydrogen-bond acceptors (Lipinski definition) is 4. The normalized spacial score (nSPS) is 13.3. The van der Waals surface area contributed by atoms with Gasteiger partial charge in [-0.05, 0) is 44.0 Å². The van der Waals surface area contributed by atoms with Gasteiger partial charge in [-0.3, -0.25) is 5.32 Å². The molecule has 0 aliphatic heterocycles. The molecule has 0 aliphatic carbocycles. The van der Waals surface area contributed by atoms with Crippen LogP contribution in [0.1, 0.15) is 39.2 Å². The lowest BCUT2D eigenvalue weighted by atomic mass is 10.0. The van der Waals surface area contributed by atoms with Crippen molar-refractivity contribution in [1.82, 2.24) is 5.32 Å². The van der Waals surface area contributed by atoms with Crippen LogP contribution in [0.25, 0.3) is 0 Å². The first-order valence-corrected chi connectivity index (χ1v) is 7.54. The minimum absolute atomic E-state index is 0.475. The fourth-order valence-corrected chi connectivity index (χ4v) is 2.00. The van der Waals surface area contributed by atoms with Gasteiger partial charge >= 0.3 is 0 Å². The molecule has 1 aromatic carbocycles. The minimum Gasteiger partial charge on any atom is -0.493 e. The maximum absolute atomic E-state index is 9.29. The Bertz CT molecular complexity index is 482. The van der Waals surface area contributed by atoms with Crippen LogP contribution < -0.4 is 14.8 Å². The quantitative estimate of drug-likeness (QED) is 0.758. The first-order chi connectivity index (χ1) is 10.1. The molecule has 116 valence electrons. The summed E-state index contributed by atoms with van der Waals surface area (Å²) in [4.78, 5) is 0. The molecule has 4 heteroatoms. The van der Waals surface area contributed by atoms with Crippen LogP contribution in [0.5, 0.6) is 11.5 Å². The molecule has 0 amide bonds. The maximum Gasteiger partial charge on any atom is 0.161 e. The van der Waals surface area contributed by atoms with E-state index in [0.29, 0.717) is 13.0 Å². The Hall–Kier alpha value is -1.73. The fraction of sp³-hybridized carbons (Fsp3) is 0.588. The van der Waals surface area contributed by atoms with Crippen molar-refractivity contribution in [2.45, 2.75) is 45.6 Å². The van der Waals surface area contributed by atoms with Crippen molar-refractivity contribution in [3.63, 3.8) is 0 Å². The molecule has 0 heterocycles. The lowest BCUT2D eigenvalue weighted by Gasteiger charge is -2.23. The monoisotopic (exact) mass is 290 g/mol. The summed E-state index contributed by atoms with van der Waals surface area (Å²) >= 11 is 0. The first-order valence-electron chi connectivity index (χ1n) is 7.54. The number of nitrogens with one attached hydrogen (secondary N) is 1. The number of ether oxygens (including phenoxy) is 2. The molecule has 1 N–H and O–H groups in total. The van der Waals surface area contributed by atoms with Crippen LogP contribution in [0.15, 0.2) is 18.2 Å². The lowest BCUT2D eigenvalue weighted by Crippen LogP contribution is -2.42. The summed E-state index contributed by atoms with van der Waals surface area (Å²) in [6, 6.07) is 8.29. The third-order valence-electron chi connectivity index (χ3n) is 3.51. The van der Waals surface area contributed by atoms with Gasteiger partial charge in [-0.2, -0.15) is 5.26 Å². The summed E-state index contributed by atoms with van der Waals surface area (Å²) in [5.41, 5.74) is 0.665. The van der Waals surface area contributed by atoms with Crippen LogP contribution in [-0.2, 0) is 6.42 Å². The SMILES string of the molecule is CCCNC(C)(C#N)CCOc1ccc(CC)cc1OC. The highest BCUT2D eigenvalue weighted by molar-refractivity contribution is 5.42. The van der Waals surface area contributed by atoms with Gasteiger partial charge in [-0.25, -0.2) is 0 Å². The molecule has 0 aliphatic rings. The lowest BCUT2D eigenvalue weighted by molar-refractivity contribution is 0.255. The molecule has 0 bridgehead atoms. The molecule has 0 saturated heterocycles. The number of nitrogens with zero attached hydrogens (tertiary/aromatic N) is 1. The molecule has 1 atom stereocenters. The highest BCUT2D eigenvalue weighted by Gasteiger charge is 2.22. The van der Waals surface area contributed by atoms with E-state index in [1.165, 1.54) is 5.56 Å². The van der Waals surface area contributed by atoms with Crippen molar-refractivity contribution in [2.24, 2.45) is 0 Å². The van der Waals surface area contributed by atoms with Crippen molar-refractivity contribution in [3.8, 4) is 17.6 Å². The second-order valence-corrected chi connectivity index (χ2v) is 5.31. The Kier molecular flexibility index (Phi) is 7.04. The molecule has 1 aromatic rings. The van der Waals surface area contributed by atoms with Gasteiger partial charge in [0.1, 0.15) is 5.54 Å². The van der Waals surface area contributed by atoms with E-state index in [1.54, 1.807) is 7.11 Å². The maximum atomic E-state index is 9.29. The van der Waals surface area contributed by atoms with Gasteiger partial charge in [0.05, 0.1) is 19.8 Å². The van der Waals surface area contributed by atoms with E-state index in [2.05, 4.69) is 25.2 Å². The largest absolute Gasteiger partial charge is 0.493 e. The van der Waals surface area contributed by atoms with Crippen LogP contribution in [0, 0.1) is 11.3 Å². The van der Waals surface area contributed by atoms with Gasteiger partial charge in [-0.1, -0.05) is 19.9 Å². The molecule has 4 nitrogen and oxygen atoms in total. The zero-order chi connectivity index (χ0) is 15.7. The molecule has 0 spiro atoms. The molecule has 0 radical (unpaired) electrons. The van der Waals surface area contributed by atoms with Gasteiger partial charge in [0, 0.05) is 6.42 Å². The molecular weight excluding hydrogens is 264 g/mol. The Morgan fingerprint density at radius 1 is 1.29 bits per heavy atom. The number of nitriles is 1. The predicted octanol–water partition coefficient (Wildman–Crippen LogP) is 3.31. The van der Waals surface area contributed by atoms with E-state index in [4.69, 9.17) is 9.47 Å². The average Bonchev–Trinajstić information content (AvgIpc) is 2.53. The van der Waals surface area contributed by atoms with E-state index in [1.807, 2.05) is 25.1 Å². The van der Waals surface area contributed by atoms with Gasteiger partial charge in [-0.15, -0.1) is 0 Å². The number of benzene rings is 1. The molecule has 0 aromatic heterocycles. The number of methoxy groups -OCH3 is 1. The summed E-state index contributed by atoms with van der Waals surface area (Å²) < 4.78 is 11.1. The summed E-state index contributed by atoms with van der Waals surface area (Å²) in [5.74, 6) is 1.47. The Morgan fingerprint density at radius 3 is 2.62 bits per heavy atom. The molecule has 1 rings (SSSR count). The smallest absolute Gasteiger partial charge is 0.161 e. The third kappa shape index (κ3) is 5.28. The van der Waals surface area contributed by atoms with E-state index < -0.39 is 5.54 Å². The zero-order valence-electron chi connectivity index (χ0n) is 13.5. The topological polar surface area (TPSA) is 54.3 Å². The summed E-state index contributed by atoms with van der Waals surface area (Å²) in [6.45, 7) is 7.40. The van der Waals surface area contributed by atoms with Gasteiger partial charge in [0.25, 0.3) is 0 Å². The van der Waals surface area contributed by atoms with Crippen LogP contribution >= 0.6 is 0 Å². The third-order valence-corrected chi connectivity index (χ3v) is 3.51. The molecular formula is C17H26N2O2. The second-order valence-electron chi connectivity index (χ2n) is 5.31. The van der Waals surface area contributed by atoms with Crippen molar-refractivity contribution in [3.05, 3.63) is 23.8 Å². The van der Waals surface area contributed by atoms with Crippen LogP contribution in [0.4, 0.5) is 0 Å². The van der Waals surface area contributed by atoms with Gasteiger partial charge in [0.2, 0.25) is 0 Å². The molecule has 1 unspecified atom stereocenters. The van der Waals surface area contributed by atoms with Crippen molar-refractivity contribution < 1.29 is 9.47 Å². The first kappa shape index (κ1) is 17.3. The Labute approximate surface area is 128 Å². The van der Waals surface area contributed by atoms with Crippen molar-refractivity contribution in [2.75, 3.05) is 20.3 Å². The standard InChI is InChI=1S/C17H26N2O2/c1-5-10-19-17(3,13-18)9-11-21-15-8-7-14(6-2)12-16(15)20-4/h7-8,12,19H,5-6,9-11H2,1-4H3. The summed E-state index contributed by atoms with van der Waals surface area (Å²) in [7, 11) is 1.64. The zero-order valence-corrected chi connectivity index (χ0v) is 13.5. The predicted molar refractivity (Wildman–Crippen MR) is 84.8 cm³/mol. The highest BCUT2D eigenvalue weighted by atomic mass is 16.5. The second kappa shape index (κ2) is 8.53. The van der Waals surface area contributed by atoms with E-state index >= 15 is 0 Å². The van der Waals surface area contributed by atoms with Gasteiger partial charge < -0.3 is 9.47 Å². The average molecular weight is 290 g/mol. The summed E-state index contributed by atoms with van der Waals surface area (Å²) in [6.07, 6.45) is 2.59. The van der Waals surface area contributed by atoms with E-state index in [-0.39, 0.29) is 0 Å². The number of hydrogen-bond donors (Lipinski definition) is 1.